The first kappa shape index (κ1) is 14.1. The number of hydrogen-bond acceptors (Lipinski definition) is 3. The van der Waals surface area contributed by atoms with Crippen molar-refractivity contribution < 1.29 is 9.90 Å². The van der Waals surface area contributed by atoms with E-state index in [-0.39, 0.29) is 0 Å². The molecule has 0 saturated heterocycles. The van der Waals surface area contributed by atoms with Gasteiger partial charge in [0, 0.05) is 23.3 Å². The molecule has 1 aromatic carbocycles. The topological polar surface area (TPSA) is 40.5 Å². The molecular weight excluding hydrogens is 282 g/mol. The molecule has 2 aromatic rings. The van der Waals surface area contributed by atoms with Gasteiger partial charge in [0.2, 0.25) is 0 Å². The summed E-state index contributed by atoms with van der Waals surface area (Å²) in [4.78, 5) is 14.1. The Kier molecular flexibility index (Phi) is 4.58. The number of carboxylic acid groups (broad SMARTS) is 1. The second-order valence-electron chi connectivity index (χ2n) is 4.41. The van der Waals surface area contributed by atoms with Gasteiger partial charge >= 0.3 is 5.97 Å². The molecule has 3 nitrogen and oxygen atoms in total. The van der Waals surface area contributed by atoms with E-state index in [9.17, 15) is 4.79 Å². The molecular formula is C14H14ClNO2S. The van der Waals surface area contributed by atoms with Crippen LogP contribution in [0, 0.1) is 0 Å². The molecule has 0 spiro atoms. The molecule has 100 valence electrons. The Morgan fingerprint density at radius 2 is 2.00 bits per heavy atom. The summed E-state index contributed by atoms with van der Waals surface area (Å²) in [6, 6.07) is 8.93. The largest absolute Gasteiger partial charge is 0.478 e. The van der Waals surface area contributed by atoms with E-state index in [1.54, 1.807) is 23.5 Å². The lowest BCUT2D eigenvalue weighted by Gasteiger charge is -2.15. The van der Waals surface area contributed by atoms with Crippen LogP contribution in [0.4, 0.5) is 0 Å². The third-order valence-corrected chi connectivity index (χ3v) is 3.97. The molecule has 0 aliphatic carbocycles. The minimum absolute atomic E-state index is 0.316. The Morgan fingerprint density at radius 3 is 2.53 bits per heavy atom. The first-order valence-corrected chi connectivity index (χ1v) is 7.04. The highest BCUT2D eigenvalue weighted by Gasteiger charge is 2.06. The van der Waals surface area contributed by atoms with Crippen molar-refractivity contribution in [2.75, 3.05) is 7.05 Å². The monoisotopic (exact) mass is 295 g/mol. The fourth-order valence-corrected chi connectivity index (χ4v) is 2.98. The first-order valence-electron chi connectivity index (χ1n) is 5.78. The van der Waals surface area contributed by atoms with Crippen LogP contribution in [0.1, 0.15) is 20.8 Å². The highest BCUT2D eigenvalue weighted by Crippen LogP contribution is 2.20. The van der Waals surface area contributed by atoms with Crippen LogP contribution in [-0.4, -0.2) is 23.0 Å². The Hall–Kier alpha value is -1.36. The van der Waals surface area contributed by atoms with Crippen molar-refractivity contribution in [1.82, 2.24) is 4.90 Å². The fraction of sp³-hybridized carbons (Fsp3) is 0.214. The Labute approximate surface area is 121 Å². The lowest BCUT2D eigenvalue weighted by Crippen LogP contribution is -2.16. The van der Waals surface area contributed by atoms with E-state index >= 15 is 0 Å². The second kappa shape index (κ2) is 6.19. The van der Waals surface area contributed by atoms with E-state index in [4.69, 9.17) is 16.7 Å². The second-order valence-corrected chi connectivity index (χ2v) is 5.84. The van der Waals surface area contributed by atoms with Crippen LogP contribution in [0.2, 0.25) is 5.02 Å². The van der Waals surface area contributed by atoms with Gasteiger partial charge in [0.15, 0.2) is 0 Å². The summed E-state index contributed by atoms with van der Waals surface area (Å²) in [7, 11) is 2.03. The molecule has 0 radical (unpaired) electrons. The average Bonchev–Trinajstić information content (AvgIpc) is 2.75. The number of benzene rings is 1. The Morgan fingerprint density at radius 1 is 1.32 bits per heavy atom. The molecule has 1 aromatic heterocycles. The zero-order valence-corrected chi connectivity index (χ0v) is 12.0. The normalized spacial score (nSPS) is 10.9. The van der Waals surface area contributed by atoms with Crippen LogP contribution >= 0.6 is 22.9 Å². The summed E-state index contributed by atoms with van der Waals surface area (Å²) in [5, 5.41) is 11.5. The fourth-order valence-electron chi connectivity index (χ4n) is 1.82. The Bertz CT molecular complexity index is 565. The van der Waals surface area contributed by atoms with E-state index < -0.39 is 5.97 Å². The molecule has 0 bridgehead atoms. The summed E-state index contributed by atoms with van der Waals surface area (Å²) >= 11 is 7.53. The van der Waals surface area contributed by atoms with Gasteiger partial charge in [-0.25, -0.2) is 4.79 Å². The zero-order chi connectivity index (χ0) is 13.8. The van der Waals surface area contributed by atoms with E-state index in [0.717, 1.165) is 23.7 Å². The highest BCUT2D eigenvalue weighted by molar-refractivity contribution is 7.10. The van der Waals surface area contributed by atoms with Crippen molar-refractivity contribution in [3.63, 3.8) is 0 Å². The molecule has 0 aliphatic rings. The van der Waals surface area contributed by atoms with Crippen molar-refractivity contribution in [3.8, 4) is 0 Å². The van der Waals surface area contributed by atoms with E-state index in [0.29, 0.717) is 5.56 Å². The SMILES string of the molecule is CN(Cc1ccc(C(=O)O)cc1)Cc1cc(Cl)cs1. The van der Waals surface area contributed by atoms with E-state index in [2.05, 4.69) is 4.90 Å². The van der Waals surface area contributed by atoms with Gasteiger partial charge in [0.1, 0.15) is 0 Å². The van der Waals surface area contributed by atoms with Crippen molar-refractivity contribution in [1.29, 1.82) is 0 Å². The molecule has 0 aliphatic heterocycles. The average molecular weight is 296 g/mol. The lowest BCUT2D eigenvalue weighted by molar-refractivity contribution is 0.0697. The van der Waals surface area contributed by atoms with Gasteiger partial charge in [-0.1, -0.05) is 23.7 Å². The van der Waals surface area contributed by atoms with Gasteiger partial charge in [-0.15, -0.1) is 11.3 Å². The van der Waals surface area contributed by atoms with Gasteiger partial charge in [-0.05, 0) is 30.8 Å². The predicted molar refractivity (Wildman–Crippen MR) is 77.9 cm³/mol. The summed E-state index contributed by atoms with van der Waals surface area (Å²) in [5.74, 6) is -0.895. The highest BCUT2D eigenvalue weighted by atomic mass is 35.5. The van der Waals surface area contributed by atoms with E-state index in [1.165, 1.54) is 4.88 Å². The smallest absolute Gasteiger partial charge is 0.335 e. The minimum atomic E-state index is -0.895. The molecule has 5 heteroatoms. The summed E-state index contributed by atoms with van der Waals surface area (Å²) < 4.78 is 0. The number of carboxylic acids is 1. The quantitative estimate of drug-likeness (QED) is 0.913. The minimum Gasteiger partial charge on any atom is -0.478 e. The maximum Gasteiger partial charge on any atom is 0.335 e. The summed E-state index contributed by atoms with van der Waals surface area (Å²) in [6.45, 7) is 1.60. The number of hydrogen-bond donors (Lipinski definition) is 1. The third kappa shape index (κ3) is 4.06. The number of rotatable bonds is 5. The van der Waals surface area contributed by atoms with Crippen LogP contribution in [0.15, 0.2) is 35.7 Å². The van der Waals surface area contributed by atoms with Gasteiger partial charge in [-0.2, -0.15) is 0 Å². The molecule has 2 rings (SSSR count). The lowest BCUT2D eigenvalue weighted by atomic mass is 10.1. The third-order valence-electron chi connectivity index (χ3n) is 2.70. The van der Waals surface area contributed by atoms with Crippen LogP contribution in [-0.2, 0) is 13.1 Å². The van der Waals surface area contributed by atoms with Crippen LogP contribution in [0.3, 0.4) is 0 Å². The molecule has 1 heterocycles. The molecule has 0 atom stereocenters. The van der Waals surface area contributed by atoms with Crippen LogP contribution in [0.25, 0.3) is 0 Å². The summed E-state index contributed by atoms with van der Waals surface area (Å²) in [5.41, 5.74) is 1.41. The first-order chi connectivity index (χ1) is 9.04. The number of nitrogens with zero attached hydrogens (tertiary/aromatic N) is 1. The number of carbonyl (C=O) groups is 1. The van der Waals surface area contributed by atoms with Crippen LogP contribution < -0.4 is 0 Å². The van der Waals surface area contributed by atoms with Crippen molar-refractivity contribution in [3.05, 3.63) is 56.7 Å². The maximum absolute atomic E-state index is 10.8. The predicted octanol–water partition coefficient (Wildman–Crippen LogP) is 3.73. The number of thiophene rings is 1. The standard InChI is InChI=1S/C14H14ClNO2S/c1-16(8-13-6-12(15)9-19-13)7-10-2-4-11(5-3-10)14(17)18/h2-6,9H,7-8H2,1H3,(H,17,18). The van der Waals surface area contributed by atoms with Gasteiger partial charge in [0.25, 0.3) is 0 Å². The van der Waals surface area contributed by atoms with Crippen molar-refractivity contribution in [2.45, 2.75) is 13.1 Å². The summed E-state index contributed by atoms with van der Waals surface area (Å²) in [6.07, 6.45) is 0. The van der Waals surface area contributed by atoms with Gasteiger partial charge in [0.05, 0.1) is 10.6 Å². The number of halogens is 1. The van der Waals surface area contributed by atoms with Crippen LogP contribution in [0.5, 0.6) is 0 Å². The Balaban J connectivity index is 1.94. The van der Waals surface area contributed by atoms with E-state index in [1.807, 2.05) is 30.6 Å². The molecule has 0 fully saturated rings. The molecule has 0 saturated carbocycles. The maximum atomic E-state index is 10.8. The molecule has 1 N–H and O–H groups in total. The van der Waals surface area contributed by atoms with Gasteiger partial charge < -0.3 is 5.11 Å². The molecule has 0 amide bonds. The van der Waals surface area contributed by atoms with Crippen molar-refractivity contribution in [2.24, 2.45) is 0 Å². The molecule has 0 unspecified atom stereocenters. The molecule has 19 heavy (non-hydrogen) atoms. The van der Waals surface area contributed by atoms with Gasteiger partial charge in [-0.3, -0.25) is 4.90 Å². The number of aromatic carboxylic acids is 1. The van der Waals surface area contributed by atoms with Crippen molar-refractivity contribution >= 4 is 28.9 Å². The zero-order valence-electron chi connectivity index (χ0n) is 10.5.